The fourth-order valence-corrected chi connectivity index (χ4v) is 3.62. The first-order valence-corrected chi connectivity index (χ1v) is 6.67. The molecule has 0 aromatic rings. The molecular weight excluding hydrogens is 240 g/mol. The van der Waals surface area contributed by atoms with Crippen LogP contribution in [0.3, 0.4) is 0 Å². The van der Waals surface area contributed by atoms with Gasteiger partial charge in [0.05, 0.1) is 12.1 Å². The van der Waals surface area contributed by atoms with Gasteiger partial charge in [0, 0.05) is 18.9 Å². The molecule has 0 aromatic carbocycles. The van der Waals surface area contributed by atoms with Gasteiger partial charge < -0.3 is 9.69 Å². The van der Waals surface area contributed by atoms with Crippen LogP contribution in [-0.4, -0.2) is 29.2 Å². The van der Waals surface area contributed by atoms with Crippen molar-refractivity contribution in [3.05, 3.63) is 23.2 Å². The molecule has 2 aliphatic rings. The Kier molecular flexibility index (Phi) is 3.04. The van der Waals surface area contributed by atoms with Crippen LogP contribution in [-0.2, 0) is 9.59 Å². The zero-order chi connectivity index (χ0) is 14.4. The van der Waals surface area contributed by atoms with Gasteiger partial charge in [-0.15, -0.1) is 0 Å². The zero-order valence-electron chi connectivity index (χ0n) is 12.0. The quantitative estimate of drug-likeness (QED) is 0.628. The number of likely N-dealkylation sites (N-methyl/N-ethyl adjacent to an activating group) is 1. The van der Waals surface area contributed by atoms with Gasteiger partial charge in [0.2, 0.25) is 11.6 Å². The first-order valence-electron chi connectivity index (χ1n) is 6.67. The number of allylic oxidation sites excluding steroid dienone is 1. The number of rotatable bonds is 0. The summed E-state index contributed by atoms with van der Waals surface area (Å²) in [6, 6.07) is 0. The summed E-state index contributed by atoms with van der Waals surface area (Å²) in [5, 5.41) is 0. The van der Waals surface area contributed by atoms with Crippen molar-refractivity contribution in [3.8, 4) is 0 Å². The zero-order valence-corrected chi connectivity index (χ0v) is 12.0. The van der Waals surface area contributed by atoms with E-state index in [0.29, 0.717) is 6.42 Å². The van der Waals surface area contributed by atoms with Gasteiger partial charge in [-0.3, -0.25) is 4.79 Å². The van der Waals surface area contributed by atoms with Crippen LogP contribution in [0.4, 0.5) is 0 Å². The first kappa shape index (κ1) is 13.8. The molecule has 2 atom stereocenters. The number of ketones is 1. The van der Waals surface area contributed by atoms with E-state index >= 15 is 0 Å². The molecule has 2 rings (SSSR count). The van der Waals surface area contributed by atoms with Crippen molar-refractivity contribution >= 4 is 11.7 Å². The minimum atomic E-state index is -0.595. The fraction of sp³-hybridized carbons (Fsp3) is 0.667. The van der Waals surface area contributed by atoms with Crippen molar-refractivity contribution in [3.63, 3.8) is 0 Å². The van der Waals surface area contributed by atoms with Crippen molar-refractivity contribution in [2.75, 3.05) is 7.05 Å². The largest absolute Gasteiger partial charge is 0.338 e. The third-order valence-electron chi connectivity index (χ3n) is 4.92. The van der Waals surface area contributed by atoms with E-state index in [9.17, 15) is 9.59 Å². The number of Topliss-reactive ketones (excluding diaryl/α,β-unsaturated/α-hetero) is 1. The second-order valence-electron chi connectivity index (χ2n) is 6.32. The Morgan fingerprint density at radius 3 is 2.58 bits per heavy atom. The number of hydrogen-bond donors (Lipinski definition) is 0. The van der Waals surface area contributed by atoms with E-state index in [1.165, 1.54) is 0 Å². The summed E-state index contributed by atoms with van der Waals surface area (Å²) in [6.07, 6.45) is 3.88. The van der Waals surface area contributed by atoms with Crippen LogP contribution in [0.2, 0.25) is 0 Å². The molecule has 4 nitrogen and oxygen atoms in total. The Balaban J connectivity index is 2.64. The maximum absolute atomic E-state index is 12.4. The summed E-state index contributed by atoms with van der Waals surface area (Å²) in [5.41, 5.74) is -0.960. The van der Waals surface area contributed by atoms with Gasteiger partial charge in [0.1, 0.15) is 0 Å². The molecule has 0 saturated carbocycles. The molecule has 1 aliphatic heterocycles. The monoisotopic (exact) mass is 260 g/mol. The highest BCUT2D eigenvalue weighted by Crippen LogP contribution is 2.49. The average Bonchev–Trinajstić information content (AvgIpc) is 2.46. The number of carbonyl (C=O) groups is 2. The third-order valence-corrected chi connectivity index (χ3v) is 4.92. The highest BCUT2D eigenvalue weighted by Gasteiger charge is 2.54. The number of likely N-dealkylation sites (tertiary alicyclic amines) is 1. The lowest BCUT2D eigenvalue weighted by atomic mass is 9.60. The molecule has 102 valence electrons. The lowest BCUT2D eigenvalue weighted by molar-refractivity contribution is -0.139. The first-order chi connectivity index (χ1) is 8.75. The Labute approximate surface area is 114 Å². The summed E-state index contributed by atoms with van der Waals surface area (Å²) >= 11 is 0. The Morgan fingerprint density at radius 1 is 1.37 bits per heavy atom. The van der Waals surface area contributed by atoms with Crippen molar-refractivity contribution in [1.29, 1.82) is 0 Å². The fourth-order valence-electron chi connectivity index (χ4n) is 3.62. The van der Waals surface area contributed by atoms with Gasteiger partial charge in [-0.05, 0) is 31.8 Å². The predicted octanol–water partition coefficient (Wildman–Crippen LogP) is 2.42. The summed E-state index contributed by atoms with van der Waals surface area (Å²) in [5.74, 6) is 0.0675. The second-order valence-corrected chi connectivity index (χ2v) is 6.32. The van der Waals surface area contributed by atoms with Crippen molar-refractivity contribution in [2.45, 2.75) is 45.6 Å². The minimum Gasteiger partial charge on any atom is -0.338 e. The summed E-state index contributed by atoms with van der Waals surface area (Å²) in [7, 11) is 1.78. The molecule has 19 heavy (non-hydrogen) atoms. The van der Waals surface area contributed by atoms with Crippen LogP contribution >= 0.6 is 0 Å². The summed E-state index contributed by atoms with van der Waals surface area (Å²) in [6.45, 7) is 13.0. The van der Waals surface area contributed by atoms with Crippen LogP contribution in [0.15, 0.2) is 11.8 Å². The molecule has 1 saturated heterocycles. The predicted molar refractivity (Wildman–Crippen MR) is 72.0 cm³/mol. The van der Waals surface area contributed by atoms with Crippen LogP contribution in [0.1, 0.15) is 40.0 Å². The number of nitrogens with zero attached hydrogens (tertiary/aromatic N) is 2. The molecule has 1 aliphatic carbocycles. The lowest BCUT2D eigenvalue weighted by Gasteiger charge is -2.50. The molecule has 0 spiro atoms. The number of carbonyl (C=O) groups excluding carboxylic acids is 2. The van der Waals surface area contributed by atoms with Gasteiger partial charge in [-0.2, -0.15) is 0 Å². The summed E-state index contributed by atoms with van der Waals surface area (Å²) in [4.78, 5) is 29.6. The van der Waals surface area contributed by atoms with E-state index in [4.69, 9.17) is 6.57 Å². The minimum absolute atomic E-state index is 0.0643. The van der Waals surface area contributed by atoms with E-state index < -0.39 is 11.0 Å². The van der Waals surface area contributed by atoms with E-state index in [2.05, 4.69) is 4.85 Å². The highest BCUT2D eigenvalue weighted by molar-refractivity contribution is 6.02. The smallest absolute Gasteiger partial charge is 0.228 e. The topological polar surface area (TPSA) is 41.7 Å². The second kappa shape index (κ2) is 4.19. The maximum atomic E-state index is 12.4. The highest BCUT2D eigenvalue weighted by atomic mass is 16.2. The maximum Gasteiger partial charge on any atom is 0.228 e. The normalized spacial score (nSPS) is 34.2. The molecule has 0 aromatic heterocycles. The van der Waals surface area contributed by atoms with E-state index in [1.807, 2.05) is 20.8 Å². The van der Waals surface area contributed by atoms with Gasteiger partial charge >= 0.3 is 0 Å². The average molecular weight is 260 g/mol. The SMILES string of the molecule is [C-]#[N+]C1=C[C@@]2(C)[C@@H](CCCC(=O)N2C)C(C)(C)C1=O. The van der Waals surface area contributed by atoms with Crippen molar-refractivity contribution in [1.82, 2.24) is 4.90 Å². The summed E-state index contributed by atoms with van der Waals surface area (Å²) < 4.78 is 0. The van der Waals surface area contributed by atoms with Crippen LogP contribution in [0.25, 0.3) is 4.85 Å². The van der Waals surface area contributed by atoms with E-state index in [-0.39, 0.29) is 23.3 Å². The third kappa shape index (κ3) is 1.80. The van der Waals surface area contributed by atoms with Gasteiger partial charge in [0.15, 0.2) is 5.78 Å². The van der Waals surface area contributed by atoms with E-state index in [1.54, 1.807) is 18.0 Å². The Bertz CT molecular complexity index is 513. The molecule has 0 bridgehead atoms. The Hall–Kier alpha value is -1.63. The van der Waals surface area contributed by atoms with Crippen molar-refractivity contribution in [2.24, 2.45) is 11.3 Å². The molecule has 0 unspecified atom stereocenters. The molecule has 4 heteroatoms. The Morgan fingerprint density at radius 2 is 2.00 bits per heavy atom. The van der Waals surface area contributed by atoms with Crippen LogP contribution < -0.4 is 0 Å². The molecule has 1 fully saturated rings. The van der Waals surface area contributed by atoms with Crippen LogP contribution in [0, 0.1) is 17.9 Å². The molecule has 0 radical (unpaired) electrons. The van der Waals surface area contributed by atoms with Crippen molar-refractivity contribution < 1.29 is 9.59 Å². The molecule has 1 heterocycles. The van der Waals surface area contributed by atoms with Crippen LogP contribution in [0.5, 0.6) is 0 Å². The molecule has 1 amide bonds. The van der Waals surface area contributed by atoms with Gasteiger partial charge in [-0.1, -0.05) is 13.8 Å². The number of amides is 1. The lowest BCUT2D eigenvalue weighted by Crippen LogP contribution is -2.58. The van der Waals surface area contributed by atoms with Gasteiger partial charge in [0.25, 0.3) is 0 Å². The van der Waals surface area contributed by atoms with E-state index in [0.717, 1.165) is 12.8 Å². The van der Waals surface area contributed by atoms with Gasteiger partial charge in [-0.25, -0.2) is 4.85 Å². The molecule has 0 N–H and O–H groups in total. The number of fused-ring (bicyclic) bond motifs is 1. The molecular formula is C15H20N2O2. The number of hydrogen-bond acceptors (Lipinski definition) is 2. The standard InChI is InChI=1S/C15H20N2O2/c1-14(2)11-7-6-8-12(18)17(5)15(11,3)9-10(16-4)13(14)19/h9,11H,6-8H2,1-3,5H3/t11-,15-/m0/s1.